The number of hydrogen-bond donors (Lipinski definition) is 1. The smallest absolute Gasteiger partial charge is 0.0897 e. The quantitative estimate of drug-likeness (QED) is 0.788. The molecule has 1 saturated carbocycles. The van der Waals surface area contributed by atoms with Crippen LogP contribution in [0.15, 0.2) is 5.38 Å². The van der Waals surface area contributed by atoms with E-state index in [9.17, 15) is 5.11 Å². The van der Waals surface area contributed by atoms with Gasteiger partial charge in [0, 0.05) is 5.38 Å². The summed E-state index contributed by atoms with van der Waals surface area (Å²) in [6, 6.07) is 0. The topological polar surface area (TPSA) is 33.1 Å². The zero-order valence-electron chi connectivity index (χ0n) is 7.86. The summed E-state index contributed by atoms with van der Waals surface area (Å²) in [5.74, 6) is 0.460. The number of aliphatic hydroxyl groups excluding tert-OH is 1. The van der Waals surface area contributed by atoms with Crippen LogP contribution in [0.3, 0.4) is 0 Å². The lowest BCUT2D eigenvalue weighted by molar-refractivity contribution is 0.132. The van der Waals surface area contributed by atoms with Crippen molar-refractivity contribution in [3.05, 3.63) is 16.1 Å². The van der Waals surface area contributed by atoms with Gasteiger partial charge in [0.25, 0.3) is 0 Å². The van der Waals surface area contributed by atoms with Gasteiger partial charge in [-0.25, -0.2) is 4.98 Å². The molecular formula is C10H15NOS. The average molecular weight is 197 g/mol. The Bertz CT molecular complexity index is 284. The van der Waals surface area contributed by atoms with E-state index in [0.717, 1.165) is 30.0 Å². The van der Waals surface area contributed by atoms with Crippen LogP contribution in [0, 0.1) is 12.8 Å². The molecule has 0 spiro atoms. The van der Waals surface area contributed by atoms with Gasteiger partial charge in [-0.15, -0.1) is 11.3 Å². The molecule has 1 fully saturated rings. The second-order valence-electron chi connectivity index (χ2n) is 3.82. The third-order valence-corrected chi connectivity index (χ3v) is 3.58. The molecule has 0 bridgehead atoms. The van der Waals surface area contributed by atoms with Gasteiger partial charge < -0.3 is 5.11 Å². The Hall–Kier alpha value is -0.410. The molecule has 3 heteroatoms. The van der Waals surface area contributed by atoms with Gasteiger partial charge in [0.15, 0.2) is 0 Å². The minimum Gasteiger partial charge on any atom is -0.393 e. The molecule has 1 aliphatic rings. The van der Waals surface area contributed by atoms with E-state index in [1.165, 1.54) is 6.42 Å². The summed E-state index contributed by atoms with van der Waals surface area (Å²) in [6.45, 7) is 2.03. The lowest BCUT2D eigenvalue weighted by Crippen LogP contribution is -2.15. The van der Waals surface area contributed by atoms with Crippen molar-refractivity contribution in [3.63, 3.8) is 0 Å². The van der Waals surface area contributed by atoms with Crippen LogP contribution in [0.1, 0.15) is 30.0 Å². The fraction of sp³-hybridized carbons (Fsp3) is 0.700. The summed E-state index contributed by atoms with van der Waals surface area (Å²) in [7, 11) is 0. The fourth-order valence-electron chi connectivity index (χ4n) is 2.03. The van der Waals surface area contributed by atoms with Crippen molar-refractivity contribution in [3.8, 4) is 0 Å². The standard InChI is InChI=1S/C10H15NOS/c1-7-11-9(6-13-7)5-8-3-2-4-10(8)12/h6,8,10,12H,2-5H2,1H3/t8-,10+/m0/s1. The molecule has 2 atom stereocenters. The molecule has 0 saturated heterocycles. The Balaban J connectivity index is 1.97. The predicted octanol–water partition coefficient (Wildman–Crippen LogP) is 2.16. The van der Waals surface area contributed by atoms with Crippen molar-refractivity contribution in [2.24, 2.45) is 5.92 Å². The number of hydrogen-bond acceptors (Lipinski definition) is 3. The molecule has 1 aromatic heterocycles. The first-order chi connectivity index (χ1) is 6.25. The summed E-state index contributed by atoms with van der Waals surface area (Å²) in [5.41, 5.74) is 1.16. The van der Waals surface area contributed by atoms with Crippen LogP contribution in [0.25, 0.3) is 0 Å². The lowest BCUT2D eigenvalue weighted by atomic mass is 10.0. The van der Waals surface area contributed by atoms with Crippen LogP contribution < -0.4 is 0 Å². The maximum Gasteiger partial charge on any atom is 0.0897 e. The van der Waals surface area contributed by atoms with Crippen molar-refractivity contribution >= 4 is 11.3 Å². The van der Waals surface area contributed by atoms with Crippen molar-refractivity contribution in [2.75, 3.05) is 0 Å². The predicted molar refractivity (Wildman–Crippen MR) is 53.9 cm³/mol. The van der Waals surface area contributed by atoms with Gasteiger partial charge in [-0.05, 0) is 32.1 Å². The Morgan fingerprint density at radius 3 is 3.00 bits per heavy atom. The Morgan fingerprint density at radius 1 is 1.62 bits per heavy atom. The Morgan fingerprint density at radius 2 is 2.46 bits per heavy atom. The van der Waals surface area contributed by atoms with Gasteiger partial charge in [-0.1, -0.05) is 6.42 Å². The number of aromatic nitrogens is 1. The van der Waals surface area contributed by atoms with Gasteiger partial charge in [0.2, 0.25) is 0 Å². The maximum absolute atomic E-state index is 9.63. The van der Waals surface area contributed by atoms with Crippen LogP contribution >= 0.6 is 11.3 Å². The zero-order valence-corrected chi connectivity index (χ0v) is 8.68. The summed E-state index contributed by atoms with van der Waals surface area (Å²) in [5, 5.41) is 12.9. The highest BCUT2D eigenvalue weighted by Gasteiger charge is 2.25. The van der Waals surface area contributed by atoms with Gasteiger partial charge >= 0.3 is 0 Å². The van der Waals surface area contributed by atoms with Gasteiger partial charge in [0.1, 0.15) is 0 Å². The van der Waals surface area contributed by atoms with Crippen LogP contribution in [0.2, 0.25) is 0 Å². The maximum atomic E-state index is 9.63. The molecule has 0 amide bonds. The minimum absolute atomic E-state index is 0.0815. The van der Waals surface area contributed by atoms with Crippen molar-refractivity contribution in [1.82, 2.24) is 4.98 Å². The number of nitrogens with zero attached hydrogens (tertiary/aromatic N) is 1. The fourth-order valence-corrected chi connectivity index (χ4v) is 2.65. The van der Waals surface area contributed by atoms with Crippen LogP contribution in [0.4, 0.5) is 0 Å². The van der Waals surface area contributed by atoms with Gasteiger partial charge in [0.05, 0.1) is 16.8 Å². The first-order valence-corrected chi connectivity index (χ1v) is 5.73. The van der Waals surface area contributed by atoms with E-state index < -0.39 is 0 Å². The summed E-state index contributed by atoms with van der Waals surface area (Å²) in [4.78, 5) is 4.42. The van der Waals surface area contributed by atoms with Crippen LogP contribution in [0.5, 0.6) is 0 Å². The van der Waals surface area contributed by atoms with Crippen molar-refractivity contribution in [2.45, 2.75) is 38.7 Å². The highest BCUT2D eigenvalue weighted by molar-refractivity contribution is 7.09. The molecule has 2 rings (SSSR count). The van der Waals surface area contributed by atoms with Crippen LogP contribution in [-0.2, 0) is 6.42 Å². The van der Waals surface area contributed by atoms with E-state index in [-0.39, 0.29) is 6.10 Å². The lowest BCUT2D eigenvalue weighted by Gasteiger charge is -2.11. The number of rotatable bonds is 2. The molecule has 1 heterocycles. The SMILES string of the molecule is Cc1nc(C[C@@H]2CCC[C@H]2O)cs1. The molecule has 72 valence electrons. The van der Waals surface area contributed by atoms with E-state index in [4.69, 9.17) is 0 Å². The molecular weight excluding hydrogens is 182 g/mol. The molecule has 0 radical (unpaired) electrons. The third kappa shape index (κ3) is 2.09. The van der Waals surface area contributed by atoms with E-state index in [0.29, 0.717) is 5.92 Å². The second-order valence-corrected chi connectivity index (χ2v) is 4.88. The van der Waals surface area contributed by atoms with Gasteiger partial charge in [-0.3, -0.25) is 0 Å². The number of aliphatic hydroxyl groups is 1. The molecule has 1 N–H and O–H groups in total. The normalized spacial score (nSPS) is 28.2. The number of thiazole rings is 1. The number of aryl methyl sites for hydroxylation is 1. The second kappa shape index (κ2) is 3.76. The molecule has 0 aromatic carbocycles. The minimum atomic E-state index is -0.0815. The average Bonchev–Trinajstić information content (AvgIpc) is 2.64. The molecule has 1 aliphatic carbocycles. The molecule has 2 nitrogen and oxygen atoms in total. The highest BCUT2D eigenvalue weighted by Crippen LogP contribution is 2.28. The first-order valence-electron chi connectivity index (χ1n) is 4.85. The summed E-state index contributed by atoms with van der Waals surface area (Å²) < 4.78 is 0. The largest absolute Gasteiger partial charge is 0.393 e. The van der Waals surface area contributed by atoms with Gasteiger partial charge in [-0.2, -0.15) is 0 Å². The molecule has 1 aromatic rings. The molecule has 0 unspecified atom stereocenters. The Kier molecular flexibility index (Phi) is 2.65. The van der Waals surface area contributed by atoms with E-state index >= 15 is 0 Å². The van der Waals surface area contributed by atoms with E-state index in [1.807, 2.05) is 6.92 Å². The van der Waals surface area contributed by atoms with Crippen molar-refractivity contribution in [1.29, 1.82) is 0 Å². The summed E-state index contributed by atoms with van der Waals surface area (Å²) in [6.07, 6.45) is 4.20. The zero-order chi connectivity index (χ0) is 9.26. The molecule has 0 aliphatic heterocycles. The first kappa shape index (κ1) is 9.16. The monoisotopic (exact) mass is 197 g/mol. The van der Waals surface area contributed by atoms with Crippen molar-refractivity contribution < 1.29 is 5.11 Å². The highest BCUT2D eigenvalue weighted by atomic mass is 32.1. The van der Waals surface area contributed by atoms with E-state index in [2.05, 4.69) is 10.4 Å². The molecule has 13 heavy (non-hydrogen) atoms. The van der Waals surface area contributed by atoms with E-state index in [1.54, 1.807) is 11.3 Å². The summed E-state index contributed by atoms with van der Waals surface area (Å²) >= 11 is 1.70. The third-order valence-electron chi connectivity index (χ3n) is 2.76. The van der Waals surface area contributed by atoms with Crippen LogP contribution in [-0.4, -0.2) is 16.2 Å². The Labute approximate surface area is 82.6 Å².